The van der Waals surface area contributed by atoms with Gasteiger partial charge in [0.15, 0.2) is 16.6 Å². The number of ketones is 1. The Morgan fingerprint density at radius 1 is 1.61 bits per heavy atom. The molecule has 23 heavy (non-hydrogen) atoms. The minimum atomic E-state index is -2.84. The van der Waals surface area contributed by atoms with Crippen molar-refractivity contribution in [3.63, 3.8) is 0 Å². The van der Waals surface area contributed by atoms with E-state index in [1.54, 1.807) is 6.20 Å². The molecule has 3 N–H and O–H groups in total. The van der Waals surface area contributed by atoms with Crippen LogP contribution in [0.25, 0.3) is 0 Å². The lowest BCUT2D eigenvalue weighted by Gasteiger charge is -2.27. The molecule has 0 aliphatic carbocycles. The lowest BCUT2D eigenvalue weighted by molar-refractivity contribution is -0.115. The first-order valence-corrected chi connectivity index (χ1v) is 10.6. The second-order valence-corrected chi connectivity index (χ2v) is 8.94. The minimum Gasteiger partial charge on any atom is -0.326 e. The van der Waals surface area contributed by atoms with E-state index < -0.39 is 10.3 Å². The minimum absolute atomic E-state index is 0.0613. The number of nitrogens with two attached hydrogens (primary N) is 1. The third-order valence-corrected chi connectivity index (χ3v) is 5.53. The zero-order valence-electron chi connectivity index (χ0n) is 13.2. The Bertz CT molecular complexity index is 720. The Hall–Kier alpha value is -1.42. The van der Waals surface area contributed by atoms with Crippen LogP contribution in [-0.4, -0.2) is 51.1 Å². The number of hydrogen-bond donors (Lipinski definition) is 3. The topological polar surface area (TPSA) is 101 Å². The van der Waals surface area contributed by atoms with Crippen LogP contribution in [0.2, 0.25) is 0 Å². The van der Waals surface area contributed by atoms with Crippen molar-refractivity contribution in [2.45, 2.75) is 25.8 Å². The highest BCUT2D eigenvalue weighted by atomic mass is 32.3. The summed E-state index contributed by atoms with van der Waals surface area (Å²) >= 11 is 1.52. The summed E-state index contributed by atoms with van der Waals surface area (Å²) in [6.45, 7) is 2.82. The van der Waals surface area contributed by atoms with Gasteiger partial charge in [-0.1, -0.05) is 6.92 Å². The van der Waals surface area contributed by atoms with Crippen molar-refractivity contribution < 1.29 is 9.00 Å². The molecule has 9 heteroatoms. The lowest BCUT2D eigenvalue weighted by atomic mass is 10.0. The normalized spacial score (nSPS) is 22.1. The van der Waals surface area contributed by atoms with Crippen LogP contribution < -0.4 is 9.86 Å². The highest BCUT2D eigenvalue weighted by Crippen LogP contribution is 2.32. The van der Waals surface area contributed by atoms with Gasteiger partial charge in [0.05, 0.1) is 6.54 Å². The van der Waals surface area contributed by atoms with Gasteiger partial charge in [-0.05, 0) is 10.3 Å². The molecule has 1 unspecified atom stereocenters. The largest absolute Gasteiger partial charge is 0.326 e. The van der Waals surface area contributed by atoms with E-state index >= 15 is 0 Å². The highest BCUT2D eigenvalue weighted by Gasteiger charge is 2.37. The Kier molecular flexibility index (Phi) is 4.45. The number of aromatic nitrogens is 1. The summed E-state index contributed by atoms with van der Waals surface area (Å²) in [5.74, 6) is 0.898. The zero-order valence-corrected chi connectivity index (χ0v) is 14.9. The predicted molar refractivity (Wildman–Crippen MR) is 93.7 cm³/mol. The molecular formula is C14H21N5O2S2. The van der Waals surface area contributed by atoms with Gasteiger partial charge in [0.2, 0.25) is 0 Å². The maximum absolute atomic E-state index is 12.2. The van der Waals surface area contributed by atoms with Gasteiger partial charge < -0.3 is 4.90 Å². The molecule has 0 radical (unpaired) electrons. The average molecular weight is 355 g/mol. The van der Waals surface area contributed by atoms with Gasteiger partial charge in [-0.25, -0.2) is 9.71 Å². The number of nitrogens with one attached hydrogen (secondary N) is 1. The SMILES string of the molecule is CCC(=O)C1=C2CC(N[SH](C)(N)=O)CN2C(c2nccs2)=NC1. The molecule has 3 rings (SSSR count). The molecule has 2 aliphatic rings. The van der Waals surface area contributed by atoms with Crippen molar-refractivity contribution in [1.82, 2.24) is 14.6 Å². The smallest absolute Gasteiger partial charge is 0.165 e. The van der Waals surface area contributed by atoms with Crippen molar-refractivity contribution in [1.29, 1.82) is 0 Å². The number of thiol groups is 1. The maximum Gasteiger partial charge on any atom is 0.165 e. The number of rotatable bonds is 5. The van der Waals surface area contributed by atoms with Crippen LogP contribution in [0.4, 0.5) is 0 Å². The Morgan fingerprint density at radius 3 is 3.00 bits per heavy atom. The van der Waals surface area contributed by atoms with E-state index in [0.29, 0.717) is 25.9 Å². The molecule has 0 spiro atoms. The van der Waals surface area contributed by atoms with Crippen LogP contribution in [-0.2, 0) is 15.1 Å². The molecule has 7 nitrogen and oxygen atoms in total. The number of nitrogens with zero attached hydrogens (tertiary/aromatic N) is 3. The fraction of sp³-hybridized carbons (Fsp3) is 0.500. The Labute approximate surface area is 140 Å². The monoisotopic (exact) mass is 355 g/mol. The quantitative estimate of drug-likeness (QED) is 0.659. The molecule has 1 atom stereocenters. The number of Topliss-reactive ketones (excluding diaryl/α,β-unsaturated/α-hetero) is 1. The summed E-state index contributed by atoms with van der Waals surface area (Å²) in [6, 6.07) is -0.0613. The van der Waals surface area contributed by atoms with E-state index in [9.17, 15) is 9.00 Å². The molecule has 0 aromatic carbocycles. The van der Waals surface area contributed by atoms with Gasteiger partial charge in [-0.2, -0.15) is 0 Å². The Morgan fingerprint density at radius 2 is 2.39 bits per heavy atom. The second kappa shape index (κ2) is 6.23. The standard InChI is InChI=1S/C14H21N5O2S2/c1-3-12(20)10-7-17-13(14-16-4-5-22-14)19-8-9(6-11(10)19)18-23(2,15)21/h4-5,9,23H,3,6-8H2,1-2H3,(H3,15,18,21). The summed E-state index contributed by atoms with van der Waals surface area (Å²) in [5.41, 5.74) is 1.71. The van der Waals surface area contributed by atoms with Gasteiger partial charge in [0.1, 0.15) is 0 Å². The van der Waals surface area contributed by atoms with E-state index in [4.69, 9.17) is 5.14 Å². The molecule has 1 aromatic heterocycles. The molecule has 1 aromatic rings. The molecular weight excluding hydrogens is 334 g/mol. The first-order valence-electron chi connectivity index (χ1n) is 7.50. The average Bonchev–Trinajstić information content (AvgIpc) is 3.12. The molecule has 1 fully saturated rings. The first kappa shape index (κ1) is 16.4. The van der Waals surface area contributed by atoms with Crippen molar-refractivity contribution in [2.24, 2.45) is 10.1 Å². The van der Waals surface area contributed by atoms with E-state index in [1.165, 1.54) is 17.6 Å². The molecule has 1 saturated heterocycles. The predicted octanol–water partition coefficient (Wildman–Crippen LogP) is 0.236. The van der Waals surface area contributed by atoms with Crippen LogP contribution in [0.3, 0.4) is 0 Å². The number of thiazole rings is 1. The third kappa shape index (κ3) is 3.42. The van der Waals surface area contributed by atoms with E-state index in [-0.39, 0.29) is 11.8 Å². The lowest BCUT2D eigenvalue weighted by Crippen LogP contribution is -2.46. The first-order chi connectivity index (χ1) is 10.9. The van der Waals surface area contributed by atoms with Gasteiger partial charge in [-0.3, -0.25) is 19.1 Å². The number of hydrogen-bond acceptors (Lipinski definition) is 6. The van der Waals surface area contributed by atoms with E-state index in [0.717, 1.165) is 22.1 Å². The molecule has 0 saturated carbocycles. The molecule has 3 heterocycles. The molecule has 2 aliphatic heterocycles. The molecule has 126 valence electrons. The number of fused-ring (bicyclic) bond motifs is 1. The fourth-order valence-corrected chi connectivity index (χ4v) is 4.55. The van der Waals surface area contributed by atoms with Gasteiger partial charge in [-0.15, -0.1) is 11.3 Å². The fourth-order valence-electron chi connectivity index (χ4n) is 3.00. The van der Waals surface area contributed by atoms with Crippen molar-refractivity contribution in [2.75, 3.05) is 19.3 Å². The van der Waals surface area contributed by atoms with E-state index in [1.807, 2.05) is 17.2 Å². The third-order valence-electron chi connectivity index (χ3n) is 3.88. The van der Waals surface area contributed by atoms with Crippen LogP contribution in [0.5, 0.6) is 0 Å². The molecule has 0 amide bonds. The van der Waals surface area contributed by atoms with Crippen molar-refractivity contribution in [3.05, 3.63) is 27.9 Å². The van der Waals surface area contributed by atoms with Crippen molar-refractivity contribution in [3.8, 4) is 0 Å². The molecule has 0 bridgehead atoms. The maximum atomic E-state index is 12.2. The van der Waals surface area contributed by atoms with Gasteiger partial charge >= 0.3 is 0 Å². The summed E-state index contributed by atoms with van der Waals surface area (Å²) in [5, 5.41) is 8.39. The Balaban J connectivity index is 1.94. The zero-order chi connectivity index (χ0) is 16.6. The van der Waals surface area contributed by atoms with Crippen LogP contribution in [0.15, 0.2) is 27.8 Å². The number of aliphatic imine (C=N–C) groups is 1. The van der Waals surface area contributed by atoms with E-state index in [2.05, 4.69) is 14.7 Å². The summed E-state index contributed by atoms with van der Waals surface area (Å²) < 4.78 is 14.9. The second-order valence-electron chi connectivity index (χ2n) is 5.81. The van der Waals surface area contributed by atoms with Gasteiger partial charge in [0, 0.05) is 54.5 Å². The summed E-state index contributed by atoms with van der Waals surface area (Å²) in [6.07, 6.45) is 4.33. The van der Waals surface area contributed by atoms with Crippen LogP contribution in [0, 0.1) is 0 Å². The van der Waals surface area contributed by atoms with Crippen LogP contribution in [0.1, 0.15) is 24.8 Å². The summed E-state index contributed by atoms with van der Waals surface area (Å²) in [4.78, 5) is 23.2. The van der Waals surface area contributed by atoms with Gasteiger partial charge in [0.25, 0.3) is 0 Å². The number of carbonyl (C=O) groups is 1. The van der Waals surface area contributed by atoms with Crippen molar-refractivity contribution >= 4 is 33.3 Å². The number of carbonyl (C=O) groups excluding carboxylic acids is 1. The van der Waals surface area contributed by atoms with Crippen LogP contribution >= 0.6 is 11.3 Å². The number of amidine groups is 1. The summed E-state index contributed by atoms with van der Waals surface area (Å²) in [7, 11) is -2.84. The highest BCUT2D eigenvalue weighted by molar-refractivity contribution is 7.98.